The zero-order valence-electron chi connectivity index (χ0n) is 16.9. The van der Waals surface area contributed by atoms with E-state index in [1.165, 1.54) is 4.57 Å². The van der Waals surface area contributed by atoms with Gasteiger partial charge in [-0.1, -0.05) is 31.5 Å². The van der Waals surface area contributed by atoms with E-state index in [2.05, 4.69) is 4.98 Å². The van der Waals surface area contributed by atoms with Crippen molar-refractivity contribution in [2.45, 2.75) is 33.2 Å². The van der Waals surface area contributed by atoms with Gasteiger partial charge in [-0.15, -0.1) is 0 Å². The molecule has 1 aromatic heterocycles. The van der Waals surface area contributed by atoms with Gasteiger partial charge in [0.05, 0.1) is 13.2 Å². The molecule has 0 bridgehead atoms. The summed E-state index contributed by atoms with van der Waals surface area (Å²) in [5.41, 5.74) is 6.56. The van der Waals surface area contributed by atoms with Gasteiger partial charge < -0.3 is 20.1 Å². The Hall–Kier alpha value is -2.74. The van der Waals surface area contributed by atoms with Gasteiger partial charge in [0.2, 0.25) is 0 Å². The molecule has 1 heterocycles. The number of aryl methyl sites for hydroxylation is 1. The minimum Gasteiger partial charge on any atom is -0.491 e. The number of unbranched alkanes of at least 4 members (excludes halogenated alkanes) is 1. The number of nitrogens with two attached hydrogens (primary N) is 1. The van der Waals surface area contributed by atoms with E-state index in [0.717, 1.165) is 24.2 Å². The molecule has 154 valence electrons. The van der Waals surface area contributed by atoms with Crippen LogP contribution in [0.5, 0.6) is 5.75 Å². The first kappa shape index (κ1) is 21.6. The first-order valence-electron chi connectivity index (χ1n) is 9.54. The summed E-state index contributed by atoms with van der Waals surface area (Å²) in [6.45, 7) is 6.12. The predicted octanol–water partition coefficient (Wildman–Crippen LogP) is 1.76. The molecule has 0 amide bonds. The van der Waals surface area contributed by atoms with Crippen molar-refractivity contribution in [1.82, 2.24) is 9.55 Å². The third-order valence-electron chi connectivity index (χ3n) is 4.54. The zero-order valence-corrected chi connectivity index (χ0v) is 16.9. The summed E-state index contributed by atoms with van der Waals surface area (Å²) in [6.07, 6.45) is 1.71. The van der Waals surface area contributed by atoms with Crippen LogP contribution in [0.3, 0.4) is 0 Å². The standard InChI is InChI=1S/C20H30N4O4/c1-4-5-10-24-18(21)17(19(25)22-20(24)26)23(11-13-27-3)12-14-28-16-9-7-6-8-15(16)2/h6-9H,4-5,10-14,21H2,1-3H3,(H,22,25,26). The lowest BCUT2D eigenvalue weighted by molar-refractivity contribution is 0.203. The number of nitrogens with zero attached hydrogens (tertiary/aromatic N) is 2. The Labute approximate surface area is 164 Å². The maximum atomic E-state index is 12.5. The topological polar surface area (TPSA) is 103 Å². The third-order valence-corrected chi connectivity index (χ3v) is 4.54. The van der Waals surface area contributed by atoms with Crippen LogP contribution in [0.25, 0.3) is 0 Å². The number of nitrogens with one attached hydrogen (secondary N) is 1. The number of hydrogen-bond acceptors (Lipinski definition) is 6. The molecular formula is C20H30N4O4. The number of rotatable bonds is 11. The first-order valence-corrected chi connectivity index (χ1v) is 9.54. The number of methoxy groups -OCH3 is 1. The second-order valence-corrected chi connectivity index (χ2v) is 6.59. The fourth-order valence-corrected chi connectivity index (χ4v) is 2.94. The highest BCUT2D eigenvalue weighted by atomic mass is 16.5. The predicted molar refractivity (Wildman–Crippen MR) is 111 cm³/mol. The second-order valence-electron chi connectivity index (χ2n) is 6.59. The maximum absolute atomic E-state index is 12.5. The van der Waals surface area contributed by atoms with Gasteiger partial charge in [0.25, 0.3) is 5.56 Å². The van der Waals surface area contributed by atoms with Crippen LogP contribution in [0.4, 0.5) is 11.5 Å². The molecule has 8 heteroatoms. The molecule has 0 atom stereocenters. The molecule has 0 saturated carbocycles. The minimum atomic E-state index is -0.498. The summed E-state index contributed by atoms with van der Waals surface area (Å²) < 4.78 is 12.5. The van der Waals surface area contributed by atoms with Gasteiger partial charge in [-0.2, -0.15) is 0 Å². The van der Waals surface area contributed by atoms with Crippen LogP contribution < -0.4 is 26.6 Å². The number of benzene rings is 1. The molecule has 0 aliphatic rings. The van der Waals surface area contributed by atoms with Crippen LogP contribution in [-0.2, 0) is 11.3 Å². The number of hydrogen-bond donors (Lipinski definition) is 2. The molecule has 1 aromatic carbocycles. The van der Waals surface area contributed by atoms with E-state index in [0.29, 0.717) is 32.8 Å². The van der Waals surface area contributed by atoms with Crippen molar-refractivity contribution >= 4 is 11.5 Å². The fraction of sp³-hybridized carbons (Fsp3) is 0.500. The van der Waals surface area contributed by atoms with Crippen molar-refractivity contribution in [2.24, 2.45) is 0 Å². The van der Waals surface area contributed by atoms with E-state index in [9.17, 15) is 9.59 Å². The summed E-state index contributed by atoms with van der Waals surface area (Å²) >= 11 is 0. The van der Waals surface area contributed by atoms with Crippen LogP contribution in [0.1, 0.15) is 25.3 Å². The largest absolute Gasteiger partial charge is 0.491 e. The molecule has 0 fully saturated rings. The summed E-state index contributed by atoms with van der Waals surface area (Å²) in [5.74, 6) is 0.971. The first-order chi connectivity index (χ1) is 13.5. The normalized spacial score (nSPS) is 10.8. The van der Waals surface area contributed by atoms with Crippen LogP contribution in [-0.4, -0.2) is 43.0 Å². The van der Waals surface area contributed by atoms with Gasteiger partial charge >= 0.3 is 5.69 Å². The summed E-state index contributed by atoms with van der Waals surface area (Å²) in [4.78, 5) is 28.8. The Morgan fingerprint density at radius 2 is 1.89 bits per heavy atom. The van der Waals surface area contributed by atoms with Crippen LogP contribution in [0.15, 0.2) is 33.9 Å². The minimum absolute atomic E-state index is 0.175. The van der Waals surface area contributed by atoms with Crippen molar-refractivity contribution in [2.75, 3.05) is 44.0 Å². The zero-order chi connectivity index (χ0) is 20.5. The van der Waals surface area contributed by atoms with E-state index < -0.39 is 11.2 Å². The molecule has 0 spiro atoms. The number of aromatic amines is 1. The molecule has 0 aliphatic heterocycles. The van der Waals surface area contributed by atoms with E-state index >= 15 is 0 Å². The average Bonchev–Trinajstić information content (AvgIpc) is 2.66. The number of aromatic nitrogens is 2. The lowest BCUT2D eigenvalue weighted by atomic mass is 10.2. The molecule has 28 heavy (non-hydrogen) atoms. The van der Waals surface area contributed by atoms with E-state index in [1.54, 1.807) is 12.0 Å². The van der Waals surface area contributed by atoms with Crippen molar-refractivity contribution in [3.63, 3.8) is 0 Å². The lowest BCUT2D eigenvalue weighted by Crippen LogP contribution is -2.41. The van der Waals surface area contributed by atoms with Crippen LogP contribution in [0, 0.1) is 6.92 Å². The van der Waals surface area contributed by atoms with Gasteiger partial charge in [0.1, 0.15) is 23.9 Å². The van der Waals surface area contributed by atoms with E-state index in [4.69, 9.17) is 15.2 Å². The molecule has 2 rings (SSSR count). The van der Waals surface area contributed by atoms with Crippen molar-refractivity contribution in [3.05, 3.63) is 50.7 Å². The molecule has 2 aromatic rings. The number of H-pyrrole nitrogens is 1. The molecule has 0 saturated heterocycles. The van der Waals surface area contributed by atoms with Gasteiger partial charge in [0, 0.05) is 20.2 Å². The van der Waals surface area contributed by atoms with Crippen molar-refractivity contribution < 1.29 is 9.47 Å². The smallest absolute Gasteiger partial charge is 0.330 e. The Morgan fingerprint density at radius 3 is 2.57 bits per heavy atom. The Balaban J connectivity index is 2.25. The van der Waals surface area contributed by atoms with Crippen LogP contribution >= 0.6 is 0 Å². The highest BCUT2D eigenvalue weighted by Crippen LogP contribution is 2.19. The molecular weight excluding hydrogens is 360 g/mol. The van der Waals surface area contributed by atoms with Gasteiger partial charge in [0.15, 0.2) is 0 Å². The fourth-order valence-electron chi connectivity index (χ4n) is 2.94. The van der Waals surface area contributed by atoms with Gasteiger partial charge in [-0.3, -0.25) is 14.3 Å². The lowest BCUT2D eigenvalue weighted by Gasteiger charge is -2.26. The number of para-hydroxylation sites is 1. The second kappa shape index (κ2) is 10.6. The average molecular weight is 390 g/mol. The quantitative estimate of drug-likeness (QED) is 0.606. The molecule has 0 unspecified atom stereocenters. The van der Waals surface area contributed by atoms with Gasteiger partial charge in [-0.25, -0.2) is 4.79 Å². The molecule has 0 aliphatic carbocycles. The van der Waals surface area contributed by atoms with Gasteiger partial charge in [-0.05, 0) is 25.0 Å². The molecule has 8 nitrogen and oxygen atoms in total. The molecule has 0 radical (unpaired) electrons. The Kier molecular flexibility index (Phi) is 8.13. The van der Waals surface area contributed by atoms with E-state index in [1.807, 2.05) is 38.1 Å². The number of nitrogen functional groups attached to an aromatic ring is 1. The Morgan fingerprint density at radius 1 is 1.18 bits per heavy atom. The summed E-state index contributed by atoms with van der Waals surface area (Å²) in [7, 11) is 1.60. The number of anilines is 2. The summed E-state index contributed by atoms with van der Waals surface area (Å²) in [6, 6.07) is 7.75. The van der Waals surface area contributed by atoms with Crippen LogP contribution in [0.2, 0.25) is 0 Å². The highest BCUT2D eigenvalue weighted by molar-refractivity contribution is 5.62. The monoisotopic (exact) mass is 390 g/mol. The SMILES string of the molecule is CCCCn1c(N)c(N(CCOC)CCOc2ccccc2C)c(=O)[nH]c1=O. The maximum Gasteiger partial charge on any atom is 0.330 e. The van der Waals surface area contributed by atoms with E-state index in [-0.39, 0.29) is 11.5 Å². The van der Waals surface area contributed by atoms with Crippen molar-refractivity contribution in [3.8, 4) is 5.75 Å². The molecule has 3 N–H and O–H groups in total. The number of ether oxygens (including phenoxy) is 2. The highest BCUT2D eigenvalue weighted by Gasteiger charge is 2.19. The van der Waals surface area contributed by atoms with Crippen molar-refractivity contribution in [1.29, 1.82) is 0 Å². The summed E-state index contributed by atoms with van der Waals surface area (Å²) in [5, 5.41) is 0. The third kappa shape index (κ3) is 5.39. The Bertz CT molecular complexity index is 875.